The fraction of sp³-hybridized carbons (Fsp3) is 0.182. The molecule has 5 nitrogen and oxygen atoms in total. The molecule has 1 heterocycles. The van der Waals surface area contributed by atoms with Crippen molar-refractivity contribution in [3.63, 3.8) is 0 Å². The quantitative estimate of drug-likeness (QED) is 0.437. The fourth-order valence-corrected chi connectivity index (χ4v) is 2.95. The molecule has 30 heavy (non-hydrogen) atoms. The number of alkyl halides is 3. The zero-order valence-corrected chi connectivity index (χ0v) is 16.4. The van der Waals surface area contributed by atoms with E-state index in [1.54, 1.807) is 30.5 Å². The van der Waals surface area contributed by atoms with Crippen molar-refractivity contribution in [1.29, 1.82) is 0 Å². The number of oxime groups is 1. The summed E-state index contributed by atoms with van der Waals surface area (Å²) < 4.78 is 40.9. The van der Waals surface area contributed by atoms with Gasteiger partial charge in [-0.05, 0) is 24.1 Å². The van der Waals surface area contributed by atoms with E-state index in [2.05, 4.69) is 10.5 Å². The number of nitrogens with zero attached hydrogens (tertiary/aromatic N) is 2. The Kier molecular flexibility index (Phi) is 6.25. The van der Waals surface area contributed by atoms with Gasteiger partial charge >= 0.3 is 6.18 Å². The standard InChI is InChI=1S/C22H20F3N3O2/c1-3-30-26-12-15-8-10-16(11-9-15)17-6-4-5-7-20(17)27-21(29)18-13-28(2)14-19(18)22(23,24)25/h4-14H,3H2,1-2H3,(H,27,29). The van der Waals surface area contributed by atoms with Gasteiger partial charge in [0, 0.05) is 30.7 Å². The van der Waals surface area contributed by atoms with Crippen LogP contribution in [0.5, 0.6) is 0 Å². The average Bonchev–Trinajstić information content (AvgIpc) is 3.12. The van der Waals surface area contributed by atoms with Crippen LogP contribution in [0.3, 0.4) is 0 Å². The molecule has 1 N–H and O–H groups in total. The SMILES string of the molecule is CCON=Cc1ccc(-c2ccccc2NC(=O)c2cn(C)cc2C(F)(F)F)cc1. The Balaban J connectivity index is 1.87. The van der Waals surface area contributed by atoms with Crippen molar-refractivity contribution >= 4 is 17.8 Å². The van der Waals surface area contributed by atoms with Gasteiger partial charge in [-0.3, -0.25) is 4.79 Å². The van der Waals surface area contributed by atoms with E-state index in [9.17, 15) is 18.0 Å². The van der Waals surface area contributed by atoms with Crippen molar-refractivity contribution in [2.75, 3.05) is 11.9 Å². The molecule has 0 spiro atoms. The second-order valence-electron chi connectivity index (χ2n) is 6.52. The summed E-state index contributed by atoms with van der Waals surface area (Å²) in [5, 5.41) is 6.42. The highest BCUT2D eigenvalue weighted by atomic mass is 19.4. The monoisotopic (exact) mass is 415 g/mol. The van der Waals surface area contributed by atoms with Gasteiger partial charge in [0.1, 0.15) is 6.61 Å². The first-order valence-corrected chi connectivity index (χ1v) is 9.19. The molecule has 1 aromatic heterocycles. The van der Waals surface area contributed by atoms with E-state index in [0.29, 0.717) is 17.9 Å². The Morgan fingerprint density at radius 3 is 2.50 bits per heavy atom. The summed E-state index contributed by atoms with van der Waals surface area (Å²) in [4.78, 5) is 17.6. The maximum absolute atomic E-state index is 13.2. The van der Waals surface area contributed by atoms with Crippen molar-refractivity contribution in [2.24, 2.45) is 12.2 Å². The smallest absolute Gasteiger partial charge is 0.396 e. The lowest BCUT2D eigenvalue weighted by Gasteiger charge is -2.12. The highest BCUT2D eigenvalue weighted by Gasteiger charge is 2.36. The molecule has 0 aliphatic carbocycles. The number of para-hydroxylation sites is 1. The molecule has 0 saturated carbocycles. The molecular formula is C22H20F3N3O2. The number of halogens is 3. The molecule has 1 amide bonds. The third kappa shape index (κ3) is 4.89. The van der Waals surface area contributed by atoms with Crippen molar-refractivity contribution < 1.29 is 22.8 Å². The van der Waals surface area contributed by atoms with Gasteiger partial charge in [-0.2, -0.15) is 13.2 Å². The third-order valence-electron chi connectivity index (χ3n) is 4.31. The molecule has 156 valence electrons. The third-order valence-corrected chi connectivity index (χ3v) is 4.31. The van der Waals surface area contributed by atoms with Crippen molar-refractivity contribution in [1.82, 2.24) is 4.57 Å². The predicted molar refractivity (Wildman–Crippen MR) is 109 cm³/mol. The molecule has 0 atom stereocenters. The minimum Gasteiger partial charge on any atom is -0.396 e. The van der Waals surface area contributed by atoms with Crippen LogP contribution in [0.25, 0.3) is 11.1 Å². The van der Waals surface area contributed by atoms with E-state index in [1.165, 1.54) is 11.6 Å². The Labute approximate surface area is 171 Å². The van der Waals surface area contributed by atoms with Gasteiger partial charge in [0.25, 0.3) is 5.91 Å². The largest absolute Gasteiger partial charge is 0.418 e. The number of nitrogens with one attached hydrogen (secondary N) is 1. The number of anilines is 1. The number of aromatic nitrogens is 1. The molecule has 0 aliphatic rings. The highest BCUT2D eigenvalue weighted by Crippen LogP contribution is 2.34. The Morgan fingerprint density at radius 1 is 1.13 bits per heavy atom. The van der Waals surface area contributed by atoms with Gasteiger partial charge in [-0.15, -0.1) is 0 Å². The number of aryl methyl sites for hydroxylation is 1. The lowest BCUT2D eigenvalue weighted by atomic mass is 10.0. The lowest BCUT2D eigenvalue weighted by molar-refractivity contribution is -0.137. The number of benzene rings is 2. The van der Waals surface area contributed by atoms with Gasteiger partial charge in [0.05, 0.1) is 17.3 Å². The molecule has 0 fully saturated rings. The fourth-order valence-electron chi connectivity index (χ4n) is 2.95. The summed E-state index contributed by atoms with van der Waals surface area (Å²) in [6.07, 6.45) is -0.988. The maximum atomic E-state index is 13.2. The summed E-state index contributed by atoms with van der Waals surface area (Å²) >= 11 is 0. The van der Waals surface area contributed by atoms with Crippen LogP contribution in [0, 0.1) is 0 Å². The first-order chi connectivity index (χ1) is 14.3. The van der Waals surface area contributed by atoms with Crippen LogP contribution in [0.15, 0.2) is 66.1 Å². The normalized spacial score (nSPS) is 11.6. The molecule has 0 aliphatic heterocycles. The molecule has 2 aromatic carbocycles. The molecule has 0 bridgehead atoms. The van der Waals surface area contributed by atoms with Crippen molar-refractivity contribution in [3.05, 3.63) is 77.6 Å². The predicted octanol–water partition coefficient (Wildman–Crippen LogP) is 5.33. The topological polar surface area (TPSA) is 55.6 Å². The van der Waals surface area contributed by atoms with Crippen LogP contribution in [-0.2, 0) is 18.1 Å². The lowest BCUT2D eigenvalue weighted by Crippen LogP contribution is -2.17. The minimum atomic E-state index is -4.62. The maximum Gasteiger partial charge on any atom is 0.418 e. The number of amides is 1. The highest BCUT2D eigenvalue weighted by molar-refractivity contribution is 6.07. The molecular weight excluding hydrogens is 395 g/mol. The minimum absolute atomic E-state index is 0.412. The van der Waals surface area contributed by atoms with Gasteiger partial charge in [-0.1, -0.05) is 47.6 Å². The van der Waals surface area contributed by atoms with Gasteiger partial charge < -0.3 is 14.7 Å². The summed E-state index contributed by atoms with van der Waals surface area (Å²) in [5.74, 6) is -0.823. The van der Waals surface area contributed by atoms with E-state index in [-0.39, 0.29) is 0 Å². The summed E-state index contributed by atoms with van der Waals surface area (Å²) in [6, 6.07) is 14.3. The first-order valence-electron chi connectivity index (χ1n) is 9.19. The van der Waals surface area contributed by atoms with E-state index >= 15 is 0 Å². The van der Waals surface area contributed by atoms with Crippen LogP contribution in [0.1, 0.15) is 28.4 Å². The number of carbonyl (C=O) groups is 1. The van der Waals surface area contributed by atoms with Crippen LogP contribution in [-0.4, -0.2) is 23.3 Å². The van der Waals surface area contributed by atoms with E-state index < -0.39 is 23.2 Å². The Hall–Kier alpha value is -3.55. The summed E-state index contributed by atoms with van der Waals surface area (Å²) in [7, 11) is 1.44. The first kappa shape index (κ1) is 21.2. The van der Waals surface area contributed by atoms with Crippen molar-refractivity contribution in [2.45, 2.75) is 13.1 Å². The molecule has 3 rings (SSSR count). The molecule has 0 saturated heterocycles. The zero-order valence-electron chi connectivity index (χ0n) is 16.4. The summed E-state index contributed by atoms with van der Waals surface area (Å²) in [5.41, 5.74) is 1.32. The van der Waals surface area contributed by atoms with Crippen LogP contribution in [0.2, 0.25) is 0 Å². The number of hydrogen-bond acceptors (Lipinski definition) is 3. The molecule has 0 unspecified atom stereocenters. The van der Waals surface area contributed by atoms with Gasteiger partial charge in [0.2, 0.25) is 0 Å². The number of carbonyl (C=O) groups excluding carboxylic acids is 1. The zero-order chi connectivity index (χ0) is 21.7. The van der Waals surface area contributed by atoms with E-state index in [1.807, 2.05) is 31.2 Å². The van der Waals surface area contributed by atoms with Crippen LogP contribution >= 0.6 is 0 Å². The summed E-state index contributed by atoms with van der Waals surface area (Å²) in [6.45, 7) is 2.30. The number of rotatable bonds is 6. The molecule has 0 radical (unpaired) electrons. The second-order valence-corrected chi connectivity index (χ2v) is 6.52. The second kappa shape index (κ2) is 8.86. The Morgan fingerprint density at radius 2 is 1.83 bits per heavy atom. The molecule has 3 aromatic rings. The average molecular weight is 415 g/mol. The number of hydrogen-bond donors (Lipinski definition) is 1. The van der Waals surface area contributed by atoms with Gasteiger partial charge in [0.15, 0.2) is 0 Å². The van der Waals surface area contributed by atoms with Crippen LogP contribution in [0.4, 0.5) is 18.9 Å². The Bertz CT molecular complexity index is 1050. The van der Waals surface area contributed by atoms with Gasteiger partial charge in [-0.25, -0.2) is 0 Å². The molecule has 8 heteroatoms. The van der Waals surface area contributed by atoms with E-state index in [4.69, 9.17) is 4.84 Å². The van der Waals surface area contributed by atoms with Crippen LogP contribution < -0.4 is 5.32 Å². The van der Waals surface area contributed by atoms with Crippen molar-refractivity contribution in [3.8, 4) is 11.1 Å². The van der Waals surface area contributed by atoms with E-state index in [0.717, 1.165) is 23.5 Å².